The van der Waals surface area contributed by atoms with E-state index in [2.05, 4.69) is 6.58 Å². The molecule has 0 spiro atoms. The molecule has 1 aliphatic rings. The smallest absolute Gasteiger partial charge is 0.334 e. The first kappa shape index (κ1) is 12.3. The van der Waals surface area contributed by atoms with Crippen molar-refractivity contribution in [3.63, 3.8) is 0 Å². The lowest BCUT2D eigenvalue weighted by Crippen LogP contribution is -2.27. The van der Waals surface area contributed by atoms with Crippen molar-refractivity contribution in [2.45, 2.75) is 58.5 Å². The first-order valence-electron chi connectivity index (χ1n) is 5.82. The van der Waals surface area contributed by atoms with Crippen LogP contribution in [0, 0.1) is 5.92 Å². The molecule has 0 aromatic carbocycles. The van der Waals surface area contributed by atoms with Crippen LogP contribution in [0.5, 0.6) is 0 Å². The standard InChI is InChI=1S/C13H22O2/c1-10(11-8-6-5-7-9-11)12(14)15-13(2,3)4/h11H,1,5-9H2,2-4H3. The molecule has 86 valence electrons. The van der Waals surface area contributed by atoms with E-state index in [1.54, 1.807) is 0 Å². The van der Waals surface area contributed by atoms with Crippen molar-refractivity contribution in [3.8, 4) is 0 Å². The van der Waals surface area contributed by atoms with Gasteiger partial charge in [0.2, 0.25) is 0 Å². The van der Waals surface area contributed by atoms with Gasteiger partial charge >= 0.3 is 5.97 Å². The molecule has 1 fully saturated rings. The summed E-state index contributed by atoms with van der Waals surface area (Å²) in [4.78, 5) is 11.7. The zero-order valence-corrected chi connectivity index (χ0v) is 10.1. The summed E-state index contributed by atoms with van der Waals surface area (Å²) in [7, 11) is 0. The van der Waals surface area contributed by atoms with E-state index in [4.69, 9.17) is 4.74 Å². The zero-order chi connectivity index (χ0) is 11.5. The topological polar surface area (TPSA) is 26.3 Å². The fraction of sp³-hybridized carbons (Fsp3) is 0.769. The van der Waals surface area contributed by atoms with Crippen molar-refractivity contribution in [1.29, 1.82) is 0 Å². The molecule has 0 aromatic heterocycles. The average Bonchev–Trinajstić information content (AvgIpc) is 2.15. The van der Waals surface area contributed by atoms with Crippen LogP contribution in [0.1, 0.15) is 52.9 Å². The molecule has 0 heterocycles. The lowest BCUT2D eigenvalue weighted by atomic mass is 9.84. The molecule has 0 unspecified atom stereocenters. The molecule has 0 radical (unpaired) electrons. The van der Waals surface area contributed by atoms with Gasteiger partial charge in [-0.1, -0.05) is 25.8 Å². The molecule has 0 amide bonds. The highest BCUT2D eigenvalue weighted by atomic mass is 16.6. The number of carbonyl (C=O) groups excluding carboxylic acids is 1. The minimum absolute atomic E-state index is 0.214. The predicted octanol–water partition coefficient (Wildman–Crippen LogP) is 3.46. The van der Waals surface area contributed by atoms with E-state index < -0.39 is 5.60 Å². The fourth-order valence-corrected chi connectivity index (χ4v) is 1.96. The summed E-state index contributed by atoms with van der Waals surface area (Å²) in [5.41, 5.74) is 0.263. The van der Waals surface area contributed by atoms with Crippen LogP contribution in [-0.2, 0) is 9.53 Å². The van der Waals surface area contributed by atoms with Crippen LogP contribution >= 0.6 is 0 Å². The highest BCUT2D eigenvalue weighted by Gasteiger charge is 2.25. The molecule has 15 heavy (non-hydrogen) atoms. The third-order valence-corrected chi connectivity index (χ3v) is 2.76. The average molecular weight is 210 g/mol. The molecule has 2 heteroatoms. The molecule has 0 N–H and O–H groups in total. The number of hydrogen-bond donors (Lipinski definition) is 0. The van der Waals surface area contributed by atoms with E-state index in [-0.39, 0.29) is 5.97 Å². The van der Waals surface area contributed by atoms with Gasteiger partial charge in [0.1, 0.15) is 5.60 Å². The van der Waals surface area contributed by atoms with Gasteiger partial charge < -0.3 is 4.74 Å². The van der Waals surface area contributed by atoms with Crippen LogP contribution in [0.2, 0.25) is 0 Å². The zero-order valence-electron chi connectivity index (χ0n) is 10.1. The second kappa shape index (κ2) is 4.82. The Hall–Kier alpha value is -0.790. The van der Waals surface area contributed by atoms with Gasteiger partial charge in [-0.15, -0.1) is 0 Å². The van der Waals surface area contributed by atoms with Crippen LogP contribution in [0.4, 0.5) is 0 Å². The van der Waals surface area contributed by atoms with Gasteiger partial charge in [0.25, 0.3) is 0 Å². The van der Waals surface area contributed by atoms with E-state index in [1.165, 1.54) is 19.3 Å². The summed E-state index contributed by atoms with van der Waals surface area (Å²) < 4.78 is 5.31. The molecule has 0 atom stereocenters. The number of ether oxygens (including phenoxy) is 1. The van der Waals surface area contributed by atoms with E-state index in [1.807, 2.05) is 20.8 Å². The minimum atomic E-state index is -0.408. The quantitative estimate of drug-likeness (QED) is 0.515. The number of hydrogen-bond acceptors (Lipinski definition) is 2. The Morgan fingerprint density at radius 1 is 1.20 bits per heavy atom. The molecule has 1 saturated carbocycles. The summed E-state index contributed by atoms with van der Waals surface area (Å²) in [5.74, 6) is 0.142. The van der Waals surface area contributed by atoms with Crippen molar-refractivity contribution in [2.75, 3.05) is 0 Å². The number of rotatable bonds is 2. The lowest BCUT2D eigenvalue weighted by molar-refractivity contribution is -0.150. The highest BCUT2D eigenvalue weighted by Crippen LogP contribution is 2.30. The van der Waals surface area contributed by atoms with Crippen molar-refractivity contribution in [2.24, 2.45) is 5.92 Å². The van der Waals surface area contributed by atoms with E-state index in [0.29, 0.717) is 11.5 Å². The second-order valence-corrected chi connectivity index (χ2v) is 5.36. The second-order valence-electron chi connectivity index (χ2n) is 5.36. The van der Waals surface area contributed by atoms with Crippen LogP contribution in [-0.4, -0.2) is 11.6 Å². The van der Waals surface area contributed by atoms with Crippen LogP contribution < -0.4 is 0 Å². The van der Waals surface area contributed by atoms with Gasteiger partial charge in [-0.3, -0.25) is 0 Å². The van der Waals surface area contributed by atoms with Crippen molar-refractivity contribution in [1.82, 2.24) is 0 Å². The third-order valence-electron chi connectivity index (χ3n) is 2.76. The molecular weight excluding hydrogens is 188 g/mol. The Bertz CT molecular complexity index is 242. The maximum Gasteiger partial charge on any atom is 0.334 e. The molecule has 1 rings (SSSR count). The van der Waals surface area contributed by atoms with Gasteiger partial charge in [0, 0.05) is 5.57 Å². The maximum atomic E-state index is 11.7. The predicted molar refractivity (Wildman–Crippen MR) is 61.6 cm³/mol. The number of carbonyl (C=O) groups is 1. The van der Waals surface area contributed by atoms with Gasteiger partial charge in [-0.05, 0) is 39.5 Å². The molecular formula is C13H22O2. The first-order valence-corrected chi connectivity index (χ1v) is 5.82. The Kier molecular flexibility index (Phi) is 3.95. The van der Waals surface area contributed by atoms with E-state index >= 15 is 0 Å². The molecule has 0 saturated heterocycles. The molecule has 0 aliphatic heterocycles. The number of esters is 1. The van der Waals surface area contributed by atoms with Crippen LogP contribution in [0.3, 0.4) is 0 Å². The van der Waals surface area contributed by atoms with Gasteiger partial charge in [-0.25, -0.2) is 4.79 Å². The van der Waals surface area contributed by atoms with Gasteiger partial charge in [0.15, 0.2) is 0 Å². The lowest BCUT2D eigenvalue weighted by Gasteiger charge is -2.26. The van der Waals surface area contributed by atoms with Crippen LogP contribution in [0.25, 0.3) is 0 Å². The largest absolute Gasteiger partial charge is 0.457 e. The maximum absolute atomic E-state index is 11.7. The first-order chi connectivity index (χ1) is 6.90. The van der Waals surface area contributed by atoms with Crippen molar-refractivity contribution < 1.29 is 9.53 Å². The monoisotopic (exact) mass is 210 g/mol. The summed E-state index contributed by atoms with van der Waals surface area (Å²) in [5, 5.41) is 0. The van der Waals surface area contributed by atoms with E-state index in [0.717, 1.165) is 12.8 Å². The minimum Gasteiger partial charge on any atom is -0.457 e. The summed E-state index contributed by atoms with van der Waals surface area (Å²) in [6, 6.07) is 0. The Labute approximate surface area is 92.7 Å². The molecule has 0 bridgehead atoms. The highest BCUT2D eigenvalue weighted by molar-refractivity contribution is 5.88. The third kappa shape index (κ3) is 4.06. The SMILES string of the molecule is C=C(C(=O)OC(C)(C)C)C1CCCCC1. The Balaban J connectivity index is 2.48. The van der Waals surface area contributed by atoms with Crippen molar-refractivity contribution in [3.05, 3.63) is 12.2 Å². The van der Waals surface area contributed by atoms with Crippen molar-refractivity contribution >= 4 is 5.97 Å². The van der Waals surface area contributed by atoms with Gasteiger partial charge in [0.05, 0.1) is 0 Å². The normalized spacial score (nSPS) is 18.6. The fourth-order valence-electron chi connectivity index (χ4n) is 1.96. The molecule has 0 aromatic rings. The molecule has 2 nitrogen and oxygen atoms in total. The van der Waals surface area contributed by atoms with Crippen LogP contribution in [0.15, 0.2) is 12.2 Å². The summed E-state index contributed by atoms with van der Waals surface area (Å²) in [6.07, 6.45) is 5.91. The summed E-state index contributed by atoms with van der Waals surface area (Å²) >= 11 is 0. The Morgan fingerprint density at radius 2 is 1.73 bits per heavy atom. The van der Waals surface area contributed by atoms with Gasteiger partial charge in [-0.2, -0.15) is 0 Å². The Morgan fingerprint density at radius 3 is 2.20 bits per heavy atom. The summed E-state index contributed by atoms with van der Waals surface area (Å²) in [6.45, 7) is 9.55. The van der Waals surface area contributed by atoms with E-state index in [9.17, 15) is 4.79 Å². The molecule has 1 aliphatic carbocycles.